The van der Waals surface area contributed by atoms with Crippen molar-refractivity contribution in [1.29, 1.82) is 0 Å². The molecule has 4 N–H and O–H groups in total. The number of hydrogen-bond donors (Lipinski definition) is 3. The van der Waals surface area contributed by atoms with E-state index in [1.807, 2.05) is 38.1 Å². The molecule has 0 unspecified atom stereocenters. The summed E-state index contributed by atoms with van der Waals surface area (Å²) in [6, 6.07) is 17.5. The fourth-order valence-corrected chi connectivity index (χ4v) is 3.22. The summed E-state index contributed by atoms with van der Waals surface area (Å²) in [5, 5.41) is 2.99. The Morgan fingerprint density at radius 2 is 1.93 bits per heavy atom. The molecule has 1 heterocycles. The first-order valence-electron chi connectivity index (χ1n) is 8.45. The first kappa shape index (κ1) is 18.7. The van der Waals surface area contributed by atoms with E-state index in [2.05, 4.69) is 44.5 Å². The molecule has 3 rings (SSSR count). The molecule has 0 radical (unpaired) electrons. The van der Waals surface area contributed by atoms with Gasteiger partial charge in [0.05, 0.1) is 5.69 Å². The van der Waals surface area contributed by atoms with E-state index < -0.39 is 0 Å². The van der Waals surface area contributed by atoms with Gasteiger partial charge in [0.15, 0.2) is 0 Å². The van der Waals surface area contributed by atoms with E-state index in [-0.39, 0.29) is 17.5 Å². The summed E-state index contributed by atoms with van der Waals surface area (Å²) in [6.07, 6.45) is 0. The summed E-state index contributed by atoms with van der Waals surface area (Å²) in [4.78, 5) is 24.2. The van der Waals surface area contributed by atoms with Crippen molar-refractivity contribution < 1.29 is 0 Å². The maximum absolute atomic E-state index is 11.9. The molecule has 0 aliphatic rings. The second kappa shape index (κ2) is 8.55. The molecule has 6 nitrogen and oxygen atoms in total. The minimum Gasteiger partial charge on any atom is -0.369 e. The molecule has 0 aliphatic carbocycles. The molecule has 0 amide bonds. The highest BCUT2D eigenvalue weighted by atomic mass is 32.2. The quantitative estimate of drug-likeness (QED) is 0.356. The molecule has 0 spiro atoms. The number of thioether (sulfide) groups is 1. The van der Waals surface area contributed by atoms with Crippen molar-refractivity contribution >= 4 is 29.4 Å². The van der Waals surface area contributed by atoms with Crippen LogP contribution >= 0.6 is 11.8 Å². The monoisotopic (exact) mass is 379 g/mol. The van der Waals surface area contributed by atoms with Crippen LogP contribution in [0.25, 0.3) is 0 Å². The van der Waals surface area contributed by atoms with Gasteiger partial charge >= 0.3 is 0 Å². The van der Waals surface area contributed by atoms with E-state index in [0.29, 0.717) is 11.4 Å². The van der Waals surface area contributed by atoms with E-state index in [1.165, 1.54) is 11.6 Å². The van der Waals surface area contributed by atoms with Crippen molar-refractivity contribution in [2.75, 3.05) is 5.32 Å². The van der Waals surface area contributed by atoms with Gasteiger partial charge in [-0.3, -0.25) is 9.78 Å². The highest BCUT2D eigenvalue weighted by Gasteiger charge is 2.04. The normalized spacial score (nSPS) is 11.4. The lowest BCUT2D eigenvalue weighted by atomic mass is 10.2. The van der Waals surface area contributed by atoms with Crippen LogP contribution < -0.4 is 16.6 Å². The summed E-state index contributed by atoms with van der Waals surface area (Å²) in [6.45, 7) is 4.04. The van der Waals surface area contributed by atoms with Gasteiger partial charge in [0.2, 0.25) is 11.9 Å². The van der Waals surface area contributed by atoms with Crippen LogP contribution in [0.4, 0.5) is 11.6 Å². The van der Waals surface area contributed by atoms with Crippen LogP contribution in [0, 0.1) is 13.8 Å². The third kappa shape index (κ3) is 5.72. The Morgan fingerprint density at radius 1 is 1.15 bits per heavy atom. The van der Waals surface area contributed by atoms with E-state index in [9.17, 15) is 4.79 Å². The summed E-state index contributed by atoms with van der Waals surface area (Å²) < 4.78 is 0. The molecule has 0 atom stereocenters. The molecule has 0 saturated carbocycles. The Hall–Kier alpha value is -3.06. The van der Waals surface area contributed by atoms with Gasteiger partial charge in [0.25, 0.3) is 5.56 Å². The zero-order chi connectivity index (χ0) is 19.2. The lowest BCUT2D eigenvalue weighted by Crippen LogP contribution is -2.22. The second-order valence-electron chi connectivity index (χ2n) is 6.15. The Morgan fingerprint density at radius 3 is 2.67 bits per heavy atom. The molecule has 0 saturated heterocycles. The van der Waals surface area contributed by atoms with Gasteiger partial charge in [-0.05, 0) is 43.7 Å². The summed E-state index contributed by atoms with van der Waals surface area (Å²) in [7, 11) is 0. The predicted molar refractivity (Wildman–Crippen MR) is 112 cm³/mol. The van der Waals surface area contributed by atoms with Gasteiger partial charge in [0, 0.05) is 22.4 Å². The average molecular weight is 379 g/mol. The third-order valence-electron chi connectivity index (χ3n) is 3.71. The largest absolute Gasteiger partial charge is 0.369 e. The van der Waals surface area contributed by atoms with Crippen molar-refractivity contribution in [3.8, 4) is 0 Å². The minimum atomic E-state index is -0.258. The second-order valence-corrected chi connectivity index (χ2v) is 7.20. The van der Waals surface area contributed by atoms with Crippen LogP contribution in [0.3, 0.4) is 0 Å². The topological polar surface area (TPSA) is 96.2 Å². The zero-order valence-corrected chi connectivity index (χ0v) is 16.0. The summed E-state index contributed by atoms with van der Waals surface area (Å²) in [5.74, 6) is 0.910. The van der Waals surface area contributed by atoms with Gasteiger partial charge in [0.1, 0.15) is 0 Å². The first-order valence-corrected chi connectivity index (χ1v) is 9.44. The molecule has 0 fully saturated rings. The van der Waals surface area contributed by atoms with Crippen molar-refractivity contribution in [2.45, 2.75) is 24.5 Å². The standard InChI is InChI=1S/C20H21N5OS/c1-13-6-8-17(9-7-13)27-12-16-11-18(26)24-20(23-16)25-19(21)22-15-5-3-4-14(2)10-15/h3-11H,12H2,1-2H3,(H4,21,22,23,24,25,26). The van der Waals surface area contributed by atoms with Crippen LogP contribution in [0.15, 0.2) is 69.3 Å². The molecule has 138 valence electrons. The molecule has 7 heteroatoms. The van der Waals surface area contributed by atoms with Gasteiger partial charge in [-0.15, -0.1) is 11.8 Å². The van der Waals surface area contributed by atoms with Crippen LogP contribution in [0.1, 0.15) is 16.8 Å². The number of aliphatic imine (C=N–C) groups is 1. The number of aromatic amines is 1. The average Bonchev–Trinajstić information content (AvgIpc) is 2.60. The molecule has 3 aromatic rings. The van der Waals surface area contributed by atoms with Gasteiger partial charge in [-0.2, -0.15) is 4.99 Å². The number of aromatic nitrogens is 2. The summed E-state index contributed by atoms with van der Waals surface area (Å²) >= 11 is 1.61. The zero-order valence-electron chi connectivity index (χ0n) is 15.2. The van der Waals surface area contributed by atoms with Crippen LogP contribution in [0.5, 0.6) is 0 Å². The van der Waals surface area contributed by atoms with Crippen LogP contribution in [-0.4, -0.2) is 15.9 Å². The number of benzene rings is 2. The minimum absolute atomic E-state index is 0.159. The third-order valence-corrected chi connectivity index (χ3v) is 4.75. The van der Waals surface area contributed by atoms with Crippen molar-refractivity contribution in [3.05, 3.63) is 81.8 Å². The maximum Gasteiger partial charge on any atom is 0.252 e. The van der Waals surface area contributed by atoms with Crippen molar-refractivity contribution in [2.24, 2.45) is 10.7 Å². The number of anilines is 1. The SMILES string of the molecule is Cc1ccc(SCc2cc(=O)[nH]c(/N=C(\N)Nc3cccc(C)c3)n2)cc1. The fraction of sp³-hybridized carbons (Fsp3) is 0.150. The smallest absolute Gasteiger partial charge is 0.252 e. The highest BCUT2D eigenvalue weighted by Crippen LogP contribution is 2.22. The predicted octanol–water partition coefficient (Wildman–Crippen LogP) is 3.74. The summed E-state index contributed by atoms with van der Waals surface area (Å²) in [5.41, 5.74) is 9.47. The van der Waals surface area contributed by atoms with Gasteiger partial charge in [-0.25, -0.2) is 4.98 Å². The van der Waals surface area contributed by atoms with E-state index in [4.69, 9.17) is 5.73 Å². The number of nitrogens with zero attached hydrogens (tertiary/aromatic N) is 2. The number of guanidine groups is 1. The lowest BCUT2D eigenvalue weighted by Gasteiger charge is -2.06. The molecule has 2 aromatic carbocycles. The number of nitrogens with two attached hydrogens (primary N) is 1. The maximum atomic E-state index is 11.9. The molecular weight excluding hydrogens is 358 g/mol. The van der Waals surface area contributed by atoms with E-state index >= 15 is 0 Å². The van der Waals surface area contributed by atoms with Crippen LogP contribution in [0.2, 0.25) is 0 Å². The van der Waals surface area contributed by atoms with Crippen LogP contribution in [-0.2, 0) is 5.75 Å². The van der Waals surface area contributed by atoms with E-state index in [0.717, 1.165) is 16.1 Å². The lowest BCUT2D eigenvalue weighted by molar-refractivity contribution is 1.04. The van der Waals surface area contributed by atoms with Gasteiger partial charge < -0.3 is 11.1 Å². The Kier molecular flexibility index (Phi) is 5.93. The number of hydrogen-bond acceptors (Lipinski definition) is 4. The molecule has 1 aromatic heterocycles. The number of nitrogens with one attached hydrogen (secondary N) is 2. The Balaban J connectivity index is 1.72. The van der Waals surface area contributed by atoms with Crippen molar-refractivity contribution in [3.63, 3.8) is 0 Å². The Bertz CT molecular complexity index is 1010. The Labute approximate surface area is 162 Å². The number of aryl methyl sites for hydroxylation is 2. The van der Waals surface area contributed by atoms with Gasteiger partial charge in [-0.1, -0.05) is 29.8 Å². The first-order chi connectivity index (χ1) is 13.0. The molecule has 27 heavy (non-hydrogen) atoms. The highest BCUT2D eigenvalue weighted by molar-refractivity contribution is 7.98. The van der Waals surface area contributed by atoms with E-state index in [1.54, 1.807) is 11.8 Å². The fourth-order valence-electron chi connectivity index (χ4n) is 2.43. The van der Waals surface area contributed by atoms with Crippen molar-refractivity contribution in [1.82, 2.24) is 9.97 Å². The molecule has 0 bridgehead atoms. The molecular formula is C20H21N5OS. The number of rotatable bonds is 5. The number of H-pyrrole nitrogens is 1. The molecule has 0 aliphatic heterocycles.